The van der Waals surface area contributed by atoms with Gasteiger partial charge in [-0.3, -0.25) is 4.79 Å². The highest BCUT2D eigenvalue weighted by Crippen LogP contribution is 2.31. The highest BCUT2D eigenvalue weighted by atomic mass is 35.5. The number of hydrogen-bond acceptors (Lipinski definition) is 5. The summed E-state index contributed by atoms with van der Waals surface area (Å²) in [5.41, 5.74) is 0.612. The van der Waals surface area contributed by atoms with Crippen molar-refractivity contribution in [3.63, 3.8) is 0 Å². The van der Waals surface area contributed by atoms with E-state index < -0.39 is 5.97 Å². The van der Waals surface area contributed by atoms with E-state index in [0.29, 0.717) is 16.3 Å². The van der Waals surface area contributed by atoms with Crippen LogP contribution in [0.4, 0.5) is 0 Å². The van der Waals surface area contributed by atoms with Gasteiger partial charge in [-0.15, -0.1) is 10.2 Å². The van der Waals surface area contributed by atoms with E-state index in [-0.39, 0.29) is 24.6 Å². The summed E-state index contributed by atoms with van der Waals surface area (Å²) in [6.07, 6.45) is 0.137. The van der Waals surface area contributed by atoms with Crippen molar-refractivity contribution in [3.8, 4) is 17.2 Å². The molecule has 0 bridgehead atoms. The molecule has 19 heavy (non-hydrogen) atoms. The maximum absolute atomic E-state index is 10.5. The molecular formula is C12H11ClN2O4. The van der Waals surface area contributed by atoms with E-state index >= 15 is 0 Å². The van der Waals surface area contributed by atoms with Crippen LogP contribution in [0.15, 0.2) is 22.6 Å². The van der Waals surface area contributed by atoms with E-state index in [4.69, 9.17) is 25.9 Å². The van der Waals surface area contributed by atoms with Crippen molar-refractivity contribution in [1.82, 2.24) is 10.2 Å². The maximum atomic E-state index is 10.5. The molecule has 0 aliphatic carbocycles. The monoisotopic (exact) mass is 282 g/mol. The van der Waals surface area contributed by atoms with E-state index in [1.807, 2.05) is 0 Å². The van der Waals surface area contributed by atoms with Crippen molar-refractivity contribution in [3.05, 3.63) is 29.1 Å². The van der Waals surface area contributed by atoms with Gasteiger partial charge in [-0.1, -0.05) is 11.6 Å². The lowest BCUT2D eigenvalue weighted by atomic mass is 10.2. The normalized spacial score (nSPS) is 10.4. The summed E-state index contributed by atoms with van der Waals surface area (Å²) in [4.78, 5) is 10.5. The number of benzene rings is 1. The van der Waals surface area contributed by atoms with Crippen molar-refractivity contribution in [2.75, 3.05) is 7.11 Å². The van der Waals surface area contributed by atoms with Gasteiger partial charge in [-0.2, -0.15) is 0 Å². The van der Waals surface area contributed by atoms with Gasteiger partial charge in [-0.05, 0) is 18.2 Å². The van der Waals surface area contributed by atoms with Crippen LogP contribution in [0.2, 0.25) is 5.02 Å². The summed E-state index contributed by atoms with van der Waals surface area (Å²) in [5.74, 6) is 0.146. The SMILES string of the molecule is COc1cc(Cl)ccc1-c1nnc(CCC(=O)O)o1. The minimum absolute atomic E-state index is 0.0562. The molecule has 1 aromatic carbocycles. The lowest BCUT2D eigenvalue weighted by Crippen LogP contribution is -1.97. The van der Waals surface area contributed by atoms with Gasteiger partial charge in [-0.25, -0.2) is 0 Å². The van der Waals surface area contributed by atoms with Crippen LogP contribution in [0.3, 0.4) is 0 Å². The van der Waals surface area contributed by atoms with Crippen LogP contribution in [0, 0.1) is 0 Å². The van der Waals surface area contributed by atoms with E-state index in [1.54, 1.807) is 18.2 Å². The lowest BCUT2D eigenvalue weighted by molar-refractivity contribution is -0.137. The third-order valence-corrected chi connectivity index (χ3v) is 2.65. The van der Waals surface area contributed by atoms with Gasteiger partial charge in [0.2, 0.25) is 5.89 Å². The smallest absolute Gasteiger partial charge is 0.303 e. The van der Waals surface area contributed by atoms with Crippen molar-refractivity contribution in [1.29, 1.82) is 0 Å². The molecule has 7 heteroatoms. The molecule has 0 saturated carbocycles. The Hall–Kier alpha value is -2.08. The van der Waals surface area contributed by atoms with Crippen LogP contribution >= 0.6 is 11.6 Å². The Morgan fingerprint density at radius 2 is 2.26 bits per heavy atom. The molecule has 0 radical (unpaired) electrons. The Labute approximate surface area is 114 Å². The summed E-state index contributed by atoms with van der Waals surface area (Å²) in [7, 11) is 1.51. The molecule has 2 aromatic rings. The van der Waals surface area contributed by atoms with Gasteiger partial charge < -0.3 is 14.3 Å². The first-order valence-electron chi connectivity index (χ1n) is 5.48. The summed E-state index contributed by atoms with van der Waals surface area (Å²) in [6, 6.07) is 5.02. The van der Waals surface area contributed by atoms with Gasteiger partial charge >= 0.3 is 5.97 Å². The average Bonchev–Trinajstić information content (AvgIpc) is 2.84. The van der Waals surface area contributed by atoms with Crippen LogP contribution in [-0.4, -0.2) is 28.4 Å². The molecule has 100 valence electrons. The quantitative estimate of drug-likeness (QED) is 0.906. The summed E-state index contributed by atoms with van der Waals surface area (Å²) in [6.45, 7) is 0. The minimum atomic E-state index is -0.913. The summed E-state index contributed by atoms with van der Waals surface area (Å²) < 4.78 is 10.6. The molecule has 0 fully saturated rings. The Bertz CT molecular complexity index is 597. The molecule has 1 heterocycles. The zero-order valence-corrected chi connectivity index (χ0v) is 10.8. The predicted octanol–water partition coefficient (Wildman–Crippen LogP) is 2.42. The molecule has 6 nitrogen and oxygen atoms in total. The first kappa shape index (κ1) is 13.4. The molecule has 1 aromatic heterocycles. The first-order chi connectivity index (χ1) is 9.10. The average molecular weight is 283 g/mol. The molecule has 0 aliphatic heterocycles. The number of rotatable bonds is 5. The standard InChI is InChI=1S/C12H11ClN2O4/c1-18-9-6-7(13)2-3-8(9)12-15-14-10(19-12)4-5-11(16)17/h2-3,6H,4-5H2,1H3,(H,16,17). The van der Waals surface area contributed by atoms with Gasteiger partial charge in [0.1, 0.15) is 5.75 Å². The fraction of sp³-hybridized carbons (Fsp3) is 0.250. The zero-order valence-electron chi connectivity index (χ0n) is 10.1. The number of methoxy groups -OCH3 is 1. The second kappa shape index (κ2) is 5.71. The van der Waals surface area contributed by atoms with Gasteiger partial charge in [0.25, 0.3) is 5.89 Å². The predicted molar refractivity (Wildman–Crippen MR) is 67.3 cm³/mol. The van der Waals surface area contributed by atoms with E-state index in [2.05, 4.69) is 10.2 Å². The second-order valence-corrected chi connectivity index (χ2v) is 4.18. The van der Waals surface area contributed by atoms with Crippen molar-refractivity contribution in [2.24, 2.45) is 0 Å². The van der Waals surface area contributed by atoms with Gasteiger partial charge in [0.15, 0.2) is 0 Å². The molecule has 2 rings (SSSR count). The molecule has 0 unspecified atom stereocenters. The fourth-order valence-corrected chi connectivity index (χ4v) is 1.68. The minimum Gasteiger partial charge on any atom is -0.496 e. The Morgan fingerprint density at radius 3 is 2.95 bits per heavy atom. The van der Waals surface area contributed by atoms with Crippen molar-refractivity contribution < 1.29 is 19.1 Å². The Morgan fingerprint density at radius 1 is 1.47 bits per heavy atom. The van der Waals surface area contributed by atoms with Gasteiger partial charge in [0, 0.05) is 11.4 Å². The number of carbonyl (C=O) groups is 1. The number of nitrogens with zero attached hydrogens (tertiary/aromatic N) is 2. The largest absolute Gasteiger partial charge is 0.496 e. The molecule has 0 atom stereocenters. The number of aryl methyl sites for hydroxylation is 1. The Balaban J connectivity index is 2.25. The number of carboxylic acids is 1. The molecular weight excluding hydrogens is 272 g/mol. The summed E-state index contributed by atoms with van der Waals surface area (Å²) >= 11 is 5.86. The van der Waals surface area contributed by atoms with Crippen LogP contribution in [0.5, 0.6) is 5.75 Å². The topological polar surface area (TPSA) is 85.5 Å². The van der Waals surface area contributed by atoms with E-state index in [9.17, 15) is 4.79 Å². The molecule has 1 N–H and O–H groups in total. The highest BCUT2D eigenvalue weighted by molar-refractivity contribution is 6.30. The molecule has 0 spiro atoms. The highest BCUT2D eigenvalue weighted by Gasteiger charge is 2.14. The zero-order chi connectivity index (χ0) is 13.8. The first-order valence-corrected chi connectivity index (χ1v) is 5.86. The van der Waals surface area contributed by atoms with Crippen LogP contribution < -0.4 is 4.74 Å². The fourth-order valence-electron chi connectivity index (χ4n) is 1.52. The van der Waals surface area contributed by atoms with Gasteiger partial charge in [0.05, 0.1) is 19.1 Å². The number of hydrogen-bond donors (Lipinski definition) is 1. The van der Waals surface area contributed by atoms with E-state index in [1.165, 1.54) is 7.11 Å². The lowest BCUT2D eigenvalue weighted by Gasteiger charge is -2.04. The van der Waals surface area contributed by atoms with Crippen LogP contribution in [-0.2, 0) is 11.2 Å². The molecule has 0 aliphatic rings. The number of carboxylic acid groups (broad SMARTS) is 1. The van der Waals surface area contributed by atoms with Crippen molar-refractivity contribution in [2.45, 2.75) is 12.8 Å². The third-order valence-electron chi connectivity index (χ3n) is 2.41. The van der Waals surface area contributed by atoms with Crippen LogP contribution in [0.25, 0.3) is 11.5 Å². The maximum Gasteiger partial charge on any atom is 0.303 e. The van der Waals surface area contributed by atoms with Crippen LogP contribution in [0.1, 0.15) is 12.3 Å². The number of aliphatic carboxylic acids is 1. The molecule has 0 amide bonds. The molecule has 0 saturated heterocycles. The number of halogens is 1. The third kappa shape index (κ3) is 3.23. The summed E-state index contributed by atoms with van der Waals surface area (Å²) in [5, 5.41) is 16.8. The number of ether oxygens (including phenoxy) is 1. The van der Waals surface area contributed by atoms with E-state index in [0.717, 1.165) is 0 Å². The second-order valence-electron chi connectivity index (χ2n) is 3.74. The Kier molecular flexibility index (Phi) is 4.01. The van der Waals surface area contributed by atoms with Crippen molar-refractivity contribution >= 4 is 17.6 Å². The number of aromatic nitrogens is 2.